The van der Waals surface area contributed by atoms with Gasteiger partial charge in [0.2, 0.25) is 0 Å². The first-order valence-corrected chi connectivity index (χ1v) is 6.60. The number of nitrogens with zero attached hydrogens (tertiary/aromatic N) is 2. The Bertz CT molecular complexity index is 367. The molecule has 94 valence electrons. The summed E-state index contributed by atoms with van der Waals surface area (Å²) in [5.74, 6) is 0. The summed E-state index contributed by atoms with van der Waals surface area (Å²) >= 11 is 5.92. The standard InChI is InChI=1S/C14H21ClN2/c1-14(2,3)17-10-4-9-16(11-17)13-7-5-12(15)6-8-13/h5-8H,4,9-11H2,1-3H3. The Hall–Kier alpha value is -0.730. The first-order valence-electron chi connectivity index (χ1n) is 6.22. The van der Waals surface area contributed by atoms with Crippen LogP contribution in [0, 0.1) is 0 Å². The van der Waals surface area contributed by atoms with Gasteiger partial charge in [-0.25, -0.2) is 0 Å². The monoisotopic (exact) mass is 252 g/mol. The lowest BCUT2D eigenvalue weighted by Crippen LogP contribution is -2.52. The summed E-state index contributed by atoms with van der Waals surface area (Å²) in [7, 11) is 0. The zero-order valence-corrected chi connectivity index (χ0v) is 11.7. The predicted octanol–water partition coefficient (Wildman–Crippen LogP) is 3.61. The Kier molecular flexibility index (Phi) is 3.64. The Morgan fingerprint density at radius 1 is 1.06 bits per heavy atom. The van der Waals surface area contributed by atoms with Gasteiger partial charge in [-0.05, 0) is 51.5 Å². The van der Waals surface area contributed by atoms with Gasteiger partial charge in [0.05, 0.1) is 6.67 Å². The molecule has 0 unspecified atom stereocenters. The number of hydrogen-bond donors (Lipinski definition) is 0. The van der Waals surface area contributed by atoms with E-state index in [0.717, 1.165) is 18.2 Å². The van der Waals surface area contributed by atoms with Gasteiger partial charge in [0, 0.05) is 29.3 Å². The van der Waals surface area contributed by atoms with E-state index < -0.39 is 0 Å². The fourth-order valence-electron chi connectivity index (χ4n) is 2.21. The fourth-order valence-corrected chi connectivity index (χ4v) is 2.34. The van der Waals surface area contributed by atoms with E-state index >= 15 is 0 Å². The van der Waals surface area contributed by atoms with Gasteiger partial charge in [-0.2, -0.15) is 0 Å². The molecule has 3 heteroatoms. The molecule has 0 atom stereocenters. The third-order valence-electron chi connectivity index (χ3n) is 3.34. The number of anilines is 1. The lowest BCUT2D eigenvalue weighted by atomic mass is 10.0. The van der Waals surface area contributed by atoms with Crippen LogP contribution in [0.1, 0.15) is 27.2 Å². The number of rotatable bonds is 1. The average Bonchev–Trinajstić information content (AvgIpc) is 2.29. The summed E-state index contributed by atoms with van der Waals surface area (Å²) in [5, 5.41) is 0.804. The molecule has 0 saturated carbocycles. The largest absolute Gasteiger partial charge is 0.358 e. The molecule has 0 amide bonds. The van der Waals surface area contributed by atoms with Crippen LogP contribution < -0.4 is 4.90 Å². The number of hydrogen-bond acceptors (Lipinski definition) is 2. The molecular formula is C14H21ClN2. The van der Waals surface area contributed by atoms with E-state index in [4.69, 9.17) is 11.6 Å². The molecule has 1 fully saturated rings. The minimum absolute atomic E-state index is 0.241. The van der Waals surface area contributed by atoms with E-state index in [2.05, 4.69) is 42.7 Å². The summed E-state index contributed by atoms with van der Waals surface area (Å²) in [6, 6.07) is 8.14. The van der Waals surface area contributed by atoms with Crippen LogP contribution in [0.4, 0.5) is 5.69 Å². The third kappa shape index (κ3) is 3.14. The quantitative estimate of drug-likeness (QED) is 0.754. The lowest BCUT2D eigenvalue weighted by Gasteiger charge is -2.44. The summed E-state index contributed by atoms with van der Waals surface area (Å²) in [6.45, 7) is 10.2. The van der Waals surface area contributed by atoms with Crippen molar-refractivity contribution in [2.45, 2.75) is 32.7 Å². The minimum atomic E-state index is 0.241. The summed E-state index contributed by atoms with van der Waals surface area (Å²) in [5.41, 5.74) is 1.51. The second-order valence-electron chi connectivity index (χ2n) is 5.67. The molecule has 1 saturated heterocycles. The molecule has 0 radical (unpaired) electrons. The van der Waals surface area contributed by atoms with Crippen molar-refractivity contribution in [3.05, 3.63) is 29.3 Å². The van der Waals surface area contributed by atoms with Crippen molar-refractivity contribution in [1.82, 2.24) is 4.90 Å². The van der Waals surface area contributed by atoms with Crippen LogP contribution in [-0.2, 0) is 0 Å². The maximum atomic E-state index is 5.92. The molecule has 1 heterocycles. The van der Waals surface area contributed by atoms with E-state index in [1.165, 1.54) is 18.7 Å². The molecule has 2 nitrogen and oxygen atoms in total. The van der Waals surface area contributed by atoms with Crippen LogP contribution in [0.15, 0.2) is 24.3 Å². The van der Waals surface area contributed by atoms with E-state index in [9.17, 15) is 0 Å². The summed E-state index contributed by atoms with van der Waals surface area (Å²) < 4.78 is 0. The number of halogens is 1. The summed E-state index contributed by atoms with van der Waals surface area (Å²) in [4.78, 5) is 4.94. The number of benzene rings is 1. The molecule has 2 rings (SSSR count). The maximum Gasteiger partial charge on any atom is 0.0711 e. The molecule has 0 bridgehead atoms. The van der Waals surface area contributed by atoms with Gasteiger partial charge in [0.25, 0.3) is 0 Å². The maximum absolute atomic E-state index is 5.92. The lowest BCUT2D eigenvalue weighted by molar-refractivity contribution is 0.118. The molecule has 1 aliphatic heterocycles. The van der Waals surface area contributed by atoms with Crippen molar-refractivity contribution in [1.29, 1.82) is 0 Å². The van der Waals surface area contributed by atoms with Crippen LogP contribution >= 0.6 is 11.6 Å². The highest BCUT2D eigenvalue weighted by molar-refractivity contribution is 6.30. The molecular weight excluding hydrogens is 232 g/mol. The highest BCUT2D eigenvalue weighted by Gasteiger charge is 2.26. The van der Waals surface area contributed by atoms with E-state index in [1.54, 1.807) is 0 Å². The zero-order valence-electron chi connectivity index (χ0n) is 10.9. The van der Waals surface area contributed by atoms with Gasteiger partial charge in [-0.1, -0.05) is 11.6 Å². The molecule has 0 aromatic heterocycles. The van der Waals surface area contributed by atoms with Gasteiger partial charge in [-0.3, -0.25) is 4.90 Å². The van der Waals surface area contributed by atoms with Crippen molar-refractivity contribution in [2.24, 2.45) is 0 Å². The van der Waals surface area contributed by atoms with Gasteiger partial charge in [-0.15, -0.1) is 0 Å². The van der Waals surface area contributed by atoms with Crippen molar-refractivity contribution in [3.63, 3.8) is 0 Å². The Morgan fingerprint density at radius 2 is 1.71 bits per heavy atom. The fraction of sp³-hybridized carbons (Fsp3) is 0.571. The van der Waals surface area contributed by atoms with E-state index in [-0.39, 0.29) is 5.54 Å². The van der Waals surface area contributed by atoms with Gasteiger partial charge >= 0.3 is 0 Å². The zero-order chi connectivity index (χ0) is 12.5. The second-order valence-corrected chi connectivity index (χ2v) is 6.11. The Balaban J connectivity index is 2.09. The third-order valence-corrected chi connectivity index (χ3v) is 3.59. The van der Waals surface area contributed by atoms with Crippen LogP contribution in [0.3, 0.4) is 0 Å². The minimum Gasteiger partial charge on any atom is -0.358 e. The van der Waals surface area contributed by atoms with Crippen LogP contribution in [0.5, 0.6) is 0 Å². The topological polar surface area (TPSA) is 6.48 Å². The first-order chi connectivity index (χ1) is 7.97. The van der Waals surface area contributed by atoms with E-state index in [0.29, 0.717) is 0 Å². The smallest absolute Gasteiger partial charge is 0.0711 e. The molecule has 0 N–H and O–H groups in total. The molecule has 17 heavy (non-hydrogen) atoms. The van der Waals surface area contributed by atoms with Gasteiger partial charge in [0.1, 0.15) is 0 Å². The van der Waals surface area contributed by atoms with Crippen LogP contribution in [-0.4, -0.2) is 30.2 Å². The van der Waals surface area contributed by atoms with Crippen molar-refractivity contribution in [3.8, 4) is 0 Å². The molecule has 0 spiro atoms. The molecule has 1 aromatic carbocycles. The summed E-state index contributed by atoms with van der Waals surface area (Å²) in [6.07, 6.45) is 1.22. The van der Waals surface area contributed by atoms with E-state index in [1.807, 2.05) is 12.1 Å². The highest BCUT2D eigenvalue weighted by atomic mass is 35.5. The van der Waals surface area contributed by atoms with Gasteiger partial charge in [0.15, 0.2) is 0 Å². The van der Waals surface area contributed by atoms with Crippen LogP contribution in [0.25, 0.3) is 0 Å². The van der Waals surface area contributed by atoms with Gasteiger partial charge < -0.3 is 4.90 Å². The molecule has 0 aliphatic carbocycles. The Labute approximate surface area is 109 Å². The molecule has 1 aliphatic rings. The normalized spacial score (nSPS) is 18.5. The second kappa shape index (κ2) is 4.87. The van der Waals surface area contributed by atoms with Crippen molar-refractivity contribution < 1.29 is 0 Å². The first kappa shape index (κ1) is 12.7. The predicted molar refractivity (Wildman–Crippen MR) is 74.7 cm³/mol. The van der Waals surface area contributed by atoms with Crippen molar-refractivity contribution in [2.75, 3.05) is 24.7 Å². The highest BCUT2D eigenvalue weighted by Crippen LogP contribution is 2.24. The van der Waals surface area contributed by atoms with Crippen molar-refractivity contribution >= 4 is 17.3 Å². The SMILES string of the molecule is CC(C)(C)N1CCCN(c2ccc(Cl)cc2)C1. The molecule has 1 aromatic rings. The Morgan fingerprint density at radius 3 is 2.29 bits per heavy atom. The van der Waals surface area contributed by atoms with Crippen LogP contribution in [0.2, 0.25) is 5.02 Å². The average molecular weight is 253 g/mol.